The number of hydrogen-bond donors (Lipinski definition) is 1. The van der Waals surface area contributed by atoms with E-state index < -0.39 is 12.7 Å². The third-order valence-electron chi connectivity index (χ3n) is 2.86. The maximum atomic E-state index is 12.1. The summed E-state index contributed by atoms with van der Waals surface area (Å²) in [6.45, 7) is -0.0208. The van der Waals surface area contributed by atoms with Crippen LogP contribution in [-0.4, -0.2) is 31.1 Å². The zero-order valence-electron chi connectivity index (χ0n) is 9.93. The van der Waals surface area contributed by atoms with Gasteiger partial charge in [0.25, 0.3) is 5.91 Å². The summed E-state index contributed by atoms with van der Waals surface area (Å²) in [5.74, 6) is -0.478. The lowest BCUT2D eigenvalue weighted by molar-refractivity contribution is -0.121. The maximum Gasteiger partial charge on any atom is 0.251 e. The Morgan fingerprint density at radius 2 is 2.00 bits per heavy atom. The van der Waals surface area contributed by atoms with Crippen LogP contribution in [0, 0.1) is 0 Å². The fourth-order valence-electron chi connectivity index (χ4n) is 1.98. The fourth-order valence-corrected chi connectivity index (χ4v) is 1.98. The second-order valence-corrected chi connectivity index (χ2v) is 4.16. The van der Waals surface area contributed by atoms with Gasteiger partial charge in [0.05, 0.1) is 24.8 Å². The lowest BCUT2D eigenvalue weighted by Crippen LogP contribution is -2.39. The summed E-state index contributed by atoms with van der Waals surface area (Å²) in [5.41, 5.74) is 0.585. The van der Waals surface area contributed by atoms with E-state index >= 15 is 0 Å². The number of para-hydroxylation sites is 1. The Hall–Kier alpha value is -1.75. The van der Waals surface area contributed by atoms with Crippen molar-refractivity contribution in [3.05, 3.63) is 30.3 Å². The minimum atomic E-state index is -0.524. The van der Waals surface area contributed by atoms with Gasteiger partial charge in [0.15, 0.2) is 0 Å². The normalized spacial score (nSPS) is 19.6. The topological polar surface area (TPSA) is 49.4 Å². The highest BCUT2D eigenvalue weighted by molar-refractivity contribution is 6.22. The number of nitrogens with zero attached hydrogens (tertiary/aromatic N) is 1. The van der Waals surface area contributed by atoms with Gasteiger partial charge in [0, 0.05) is 0 Å². The number of nitrogens with one attached hydrogen (secondary N) is 1. The number of hydrogen-bond acceptors (Lipinski definition) is 3. The van der Waals surface area contributed by atoms with Gasteiger partial charge in [-0.2, -0.15) is 0 Å². The quantitative estimate of drug-likeness (QED) is 0.632. The Kier molecular flexibility index (Phi) is 4.04. The van der Waals surface area contributed by atoms with Crippen LogP contribution in [0.1, 0.15) is 12.8 Å². The molecule has 1 N–H and O–H groups in total. The van der Waals surface area contributed by atoms with Gasteiger partial charge in [-0.05, 0) is 25.1 Å². The van der Waals surface area contributed by atoms with E-state index in [1.54, 1.807) is 24.3 Å². The van der Waals surface area contributed by atoms with E-state index in [-0.39, 0.29) is 18.2 Å². The summed E-state index contributed by atoms with van der Waals surface area (Å²) in [5, 5.41) is 2.91. The monoisotopic (exact) mass is 250 g/mol. The highest BCUT2D eigenvalue weighted by Gasteiger charge is 2.38. The molecular weight excluding hydrogens is 235 g/mol. The first-order valence-corrected chi connectivity index (χ1v) is 5.95. The van der Waals surface area contributed by atoms with Crippen molar-refractivity contribution in [3.8, 4) is 0 Å². The molecule has 2 rings (SSSR count). The molecule has 0 aliphatic carbocycles. The molecule has 0 radical (unpaired) electrons. The lowest BCUT2D eigenvalue weighted by atomic mass is 10.2. The standard InChI is InChI=1S/C13H15FN2O2/c14-7-4-8-15-11-9-12(17)16(13(11)18)10-5-2-1-3-6-10/h1-3,5-6,11,15H,4,7-9H2. The number of amides is 2. The summed E-state index contributed by atoms with van der Waals surface area (Å²) < 4.78 is 12.0. The van der Waals surface area contributed by atoms with Crippen molar-refractivity contribution < 1.29 is 14.0 Å². The molecule has 1 atom stereocenters. The molecule has 2 amide bonds. The first-order valence-electron chi connectivity index (χ1n) is 5.95. The van der Waals surface area contributed by atoms with Crippen molar-refractivity contribution in [2.45, 2.75) is 18.9 Å². The average molecular weight is 250 g/mol. The van der Waals surface area contributed by atoms with E-state index in [0.717, 1.165) is 0 Å². The fraction of sp³-hybridized carbons (Fsp3) is 0.385. The van der Waals surface area contributed by atoms with Gasteiger partial charge >= 0.3 is 0 Å². The molecule has 1 aromatic rings. The van der Waals surface area contributed by atoms with Crippen molar-refractivity contribution in [1.29, 1.82) is 0 Å². The third kappa shape index (κ3) is 2.56. The molecule has 96 valence electrons. The molecule has 0 bridgehead atoms. The summed E-state index contributed by atoms with van der Waals surface area (Å²) in [6.07, 6.45) is 0.489. The Morgan fingerprint density at radius 3 is 2.67 bits per heavy atom. The van der Waals surface area contributed by atoms with Crippen molar-refractivity contribution in [1.82, 2.24) is 5.32 Å². The number of carbonyl (C=O) groups is 2. The Morgan fingerprint density at radius 1 is 1.28 bits per heavy atom. The SMILES string of the molecule is O=C1CC(NCCCF)C(=O)N1c1ccccc1. The maximum absolute atomic E-state index is 12.1. The van der Waals surface area contributed by atoms with Crippen LogP contribution in [0.4, 0.5) is 10.1 Å². The van der Waals surface area contributed by atoms with Crippen LogP contribution in [0.25, 0.3) is 0 Å². The molecule has 1 fully saturated rings. The number of benzene rings is 1. The minimum absolute atomic E-state index is 0.139. The summed E-state index contributed by atoms with van der Waals surface area (Å²) in [7, 11) is 0. The molecule has 0 aromatic heterocycles. The van der Waals surface area contributed by atoms with Crippen molar-refractivity contribution in [2.75, 3.05) is 18.1 Å². The molecule has 1 aliphatic heterocycles. The second kappa shape index (κ2) is 5.73. The van der Waals surface area contributed by atoms with Gasteiger partial charge in [-0.15, -0.1) is 0 Å². The average Bonchev–Trinajstić information content (AvgIpc) is 2.66. The third-order valence-corrected chi connectivity index (χ3v) is 2.86. The van der Waals surface area contributed by atoms with E-state index in [9.17, 15) is 14.0 Å². The van der Waals surface area contributed by atoms with E-state index in [0.29, 0.717) is 18.7 Å². The lowest BCUT2D eigenvalue weighted by Gasteiger charge is -2.15. The van der Waals surface area contributed by atoms with Crippen LogP contribution in [0.3, 0.4) is 0 Å². The van der Waals surface area contributed by atoms with Crippen molar-refractivity contribution in [2.24, 2.45) is 0 Å². The van der Waals surface area contributed by atoms with Gasteiger partial charge in [-0.25, -0.2) is 4.90 Å². The first-order chi connectivity index (χ1) is 8.74. The van der Waals surface area contributed by atoms with E-state index in [1.807, 2.05) is 6.07 Å². The number of carbonyl (C=O) groups excluding carboxylic acids is 2. The van der Waals surface area contributed by atoms with Gasteiger partial charge in [0.1, 0.15) is 0 Å². The number of imide groups is 1. The van der Waals surface area contributed by atoms with Crippen molar-refractivity contribution in [3.63, 3.8) is 0 Å². The summed E-state index contributed by atoms with van der Waals surface area (Å²) >= 11 is 0. The molecule has 0 saturated carbocycles. The number of alkyl halides is 1. The second-order valence-electron chi connectivity index (χ2n) is 4.16. The minimum Gasteiger partial charge on any atom is -0.305 e. The molecule has 0 spiro atoms. The van der Waals surface area contributed by atoms with Gasteiger partial charge in [-0.1, -0.05) is 18.2 Å². The zero-order chi connectivity index (χ0) is 13.0. The molecule has 1 heterocycles. The van der Waals surface area contributed by atoms with E-state index in [1.165, 1.54) is 4.90 Å². The molecule has 4 nitrogen and oxygen atoms in total. The van der Waals surface area contributed by atoms with Crippen LogP contribution >= 0.6 is 0 Å². The van der Waals surface area contributed by atoms with Crippen LogP contribution in [0.5, 0.6) is 0 Å². The van der Waals surface area contributed by atoms with Gasteiger partial charge in [0.2, 0.25) is 5.91 Å². The molecular formula is C13H15FN2O2. The number of halogens is 1. The van der Waals surface area contributed by atoms with E-state index in [2.05, 4.69) is 5.32 Å². The Labute approximate surface area is 105 Å². The molecule has 1 saturated heterocycles. The van der Waals surface area contributed by atoms with Crippen molar-refractivity contribution >= 4 is 17.5 Å². The molecule has 1 aromatic carbocycles. The van der Waals surface area contributed by atoms with Crippen LogP contribution < -0.4 is 10.2 Å². The van der Waals surface area contributed by atoms with Crippen LogP contribution in [0.15, 0.2) is 30.3 Å². The molecule has 5 heteroatoms. The first kappa shape index (κ1) is 12.7. The predicted molar refractivity (Wildman–Crippen MR) is 65.9 cm³/mol. The summed E-state index contributed by atoms with van der Waals surface area (Å²) in [6, 6.07) is 8.30. The molecule has 18 heavy (non-hydrogen) atoms. The highest BCUT2D eigenvalue weighted by Crippen LogP contribution is 2.22. The number of rotatable bonds is 5. The van der Waals surface area contributed by atoms with Gasteiger partial charge < -0.3 is 5.32 Å². The highest BCUT2D eigenvalue weighted by atomic mass is 19.1. The number of anilines is 1. The van der Waals surface area contributed by atoms with Crippen LogP contribution in [0.2, 0.25) is 0 Å². The molecule has 1 unspecified atom stereocenters. The smallest absolute Gasteiger partial charge is 0.251 e. The Bertz CT molecular complexity index is 436. The Balaban J connectivity index is 2.06. The summed E-state index contributed by atoms with van der Waals surface area (Å²) in [4.78, 5) is 25.1. The largest absolute Gasteiger partial charge is 0.305 e. The zero-order valence-corrected chi connectivity index (χ0v) is 9.93. The van der Waals surface area contributed by atoms with Crippen LogP contribution in [-0.2, 0) is 9.59 Å². The predicted octanol–water partition coefficient (Wildman–Crippen LogP) is 1.27. The molecule has 1 aliphatic rings. The van der Waals surface area contributed by atoms with Gasteiger partial charge in [-0.3, -0.25) is 14.0 Å². The van der Waals surface area contributed by atoms with E-state index in [4.69, 9.17) is 0 Å².